The van der Waals surface area contributed by atoms with Crippen LogP contribution in [-0.2, 0) is 10.9 Å². The molecule has 7 nitrogen and oxygen atoms in total. The van der Waals surface area contributed by atoms with Gasteiger partial charge in [0.1, 0.15) is 5.60 Å². The molecule has 1 rings (SSSR count). The van der Waals surface area contributed by atoms with Crippen molar-refractivity contribution in [1.82, 2.24) is 5.32 Å². The third-order valence-corrected chi connectivity index (χ3v) is 2.86. The standard InChI is InChI=1S/C14H18F3N3O4/c1-13(2,3)24-12(21)19-10(7-18)9-5-4-8(14(15,16)17)6-11(9)20(22)23/h4-6,10H,7,18H2,1-3H3,(H,19,21). The molecule has 0 bridgehead atoms. The van der Waals surface area contributed by atoms with Crippen LogP contribution in [0.5, 0.6) is 0 Å². The number of alkyl carbamates (subject to hydrolysis) is 1. The van der Waals surface area contributed by atoms with Gasteiger partial charge in [0.15, 0.2) is 0 Å². The molecular formula is C14H18F3N3O4. The van der Waals surface area contributed by atoms with Crippen molar-refractivity contribution in [1.29, 1.82) is 0 Å². The monoisotopic (exact) mass is 349 g/mol. The molecule has 0 spiro atoms. The van der Waals surface area contributed by atoms with Crippen LogP contribution >= 0.6 is 0 Å². The van der Waals surface area contributed by atoms with Gasteiger partial charge in [0.2, 0.25) is 0 Å². The number of carbonyl (C=O) groups excluding carboxylic acids is 1. The van der Waals surface area contributed by atoms with Gasteiger partial charge in [-0.15, -0.1) is 0 Å². The van der Waals surface area contributed by atoms with Gasteiger partial charge in [-0.1, -0.05) is 0 Å². The number of halogens is 3. The number of hydrogen-bond acceptors (Lipinski definition) is 5. The minimum absolute atomic E-state index is 0.138. The quantitative estimate of drug-likeness (QED) is 0.641. The number of hydrogen-bond donors (Lipinski definition) is 2. The molecule has 0 radical (unpaired) electrons. The number of nitrogens with one attached hydrogen (secondary N) is 1. The first-order chi connectivity index (χ1) is 10.8. The second-order valence-corrected chi connectivity index (χ2v) is 5.96. The SMILES string of the molecule is CC(C)(C)OC(=O)NC(CN)c1ccc(C(F)(F)F)cc1[N+](=O)[O-]. The normalized spacial score (nSPS) is 13.3. The van der Waals surface area contributed by atoms with E-state index in [1.54, 1.807) is 20.8 Å². The Hall–Kier alpha value is -2.36. The van der Waals surface area contributed by atoms with Crippen molar-refractivity contribution in [2.24, 2.45) is 5.73 Å². The van der Waals surface area contributed by atoms with Gasteiger partial charge in [0.05, 0.1) is 22.1 Å². The number of benzene rings is 1. The molecule has 10 heteroatoms. The maximum absolute atomic E-state index is 12.7. The highest BCUT2D eigenvalue weighted by molar-refractivity contribution is 5.69. The van der Waals surface area contributed by atoms with Crippen LogP contribution in [0.25, 0.3) is 0 Å². The van der Waals surface area contributed by atoms with Crippen molar-refractivity contribution in [3.05, 3.63) is 39.4 Å². The van der Waals surface area contributed by atoms with Crippen molar-refractivity contribution < 1.29 is 27.6 Å². The molecule has 1 amide bonds. The smallest absolute Gasteiger partial charge is 0.416 e. The summed E-state index contributed by atoms with van der Waals surface area (Å²) in [5.74, 6) is 0. The predicted molar refractivity (Wildman–Crippen MR) is 79.3 cm³/mol. The van der Waals surface area contributed by atoms with E-state index in [9.17, 15) is 28.1 Å². The minimum atomic E-state index is -4.72. The summed E-state index contributed by atoms with van der Waals surface area (Å²) < 4.78 is 43.1. The van der Waals surface area contributed by atoms with Gasteiger partial charge < -0.3 is 15.8 Å². The van der Waals surface area contributed by atoms with Crippen LogP contribution in [0.1, 0.15) is 37.9 Å². The summed E-state index contributed by atoms with van der Waals surface area (Å²) in [6, 6.07) is 0.967. The van der Waals surface area contributed by atoms with Crippen molar-refractivity contribution in [2.75, 3.05) is 6.54 Å². The second kappa shape index (κ2) is 7.04. The maximum Gasteiger partial charge on any atom is 0.416 e. The fourth-order valence-corrected chi connectivity index (χ4v) is 1.89. The first-order valence-corrected chi connectivity index (χ1v) is 6.90. The van der Waals surface area contributed by atoms with Crippen LogP contribution in [0.15, 0.2) is 18.2 Å². The molecule has 0 aliphatic rings. The zero-order valence-electron chi connectivity index (χ0n) is 13.3. The van der Waals surface area contributed by atoms with Gasteiger partial charge in [0.25, 0.3) is 5.69 Å². The summed E-state index contributed by atoms with van der Waals surface area (Å²) in [5.41, 5.74) is 2.60. The zero-order valence-corrected chi connectivity index (χ0v) is 13.3. The Labute approximate surface area is 136 Å². The second-order valence-electron chi connectivity index (χ2n) is 5.96. The van der Waals surface area contributed by atoms with Gasteiger partial charge in [-0.25, -0.2) is 4.79 Å². The number of nitro benzene ring substituents is 1. The number of amides is 1. The Morgan fingerprint density at radius 2 is 1.96 bits per heavy atom. The highest BCUT2D eigenvalue weighted by Crippen LogP contribution is 2.34. The molecule has 3 N–H and O–H groups in total. The van der Waals surface area contributed by atoms with Gasteiger partial charge in [-0.2, -0.15) is 13.2 Å². The lowest BCUT2D eigenvalue weighted by atomic mass is 10.0. The molecule has 1 aromatic carbocycles. The van der Waals surface area contributed by atoms with Crippen molar-refractivity contribution >= 4 is 11.8 Å². The Morgan fingerprint density at radius 1 is 1.38 bits per heavy atom. The van der Waals surface area contributed by atoms with Crippen molar-refractivity contribution in [3.63, 3.8) is 0 Å². The number of carbonyl (C=O) groups is 1. The van der Waals surface area contributed by atoms with Gasteiger partial charge >= 0.3 is 12.3 Å². The molecule has 24 heavy (non-hydrogen) atoms. The molecule has 1 unspecified atom stereocenters. The summed E-state index contributed by atoms with van der Waals surface area (Å²) in [4.78, 5) is 21.9. The molecule has 0 aromatic heterocycles. The average Bonchev–Trinajstić information content (AvgIpc) is 2.41. The van der Waals surface area contributed by atoms with E-state index in [-0.39, 0.29) is 12.1 Å². The maximum atomic E-state index is 12.7. The van der Waals surface area contributed by atoms with Crippen LogP contribution in [0.4, 0.5) is 23.7 Å². The Bertz CT molecular complexity index is 627. The van der Waals surface area contributed by atoms with Crippen LogP contribution in [0, 0.1) is 10.1 Å². The molecule has 0 aliphatic carbocycles. The molecule has 0 saturated heterocycles. The fraction of sp³-hybridized carbons (Fsp3) is 0.500. The summed E-state index contributed by atoms with van der Waals surface area (Å²) in [6.07, 6.45) is -5.60. The lowest BCUT2D eigenvalue weighted by molar-refractivity contribution is -0.386. The molecule has 134 valence electrons. The van der Waals surface area contributed by atoms with E-state index in [0.29, 0.717) is 12.1 Å². The van der Waals surface area contributed by atoms with E-state index < -0.39 is 40.1 Å². The highest BCUT2D eigenvalue weighted by atomic mass is 19.4. The summed E-state index contributed by atoms with van der Waals surface area (Å²) >= 11 is 0. The number of alkyl halides is 3. The number of nitrogens with zero attached hydrogens (tertiary/aromatic N) is 1. The number of nitro groups is 1. The lowest BCUT2D eigenvalue weighted by Gasteiger charge is -2.23. The molecule has 0 fully saturated rings. The highest BCUT2D eigenvalue weighted by Gasteiger charge is 2.34. The first kappa shape index (κ1) is 19.7. The van der Waals surface area contributed by atoms with Crippen LogP contribution in [0.2, 0.25) is 0 Å². The van der Waals surface area contributed by atoms with Crippen molar-refractivity contribution in [2.45, 2.75) is 38.6 Å². The largest absolute Gasteiger partial charge is 0.444 e. The number of rotatable bonds is 4. The predicted octanol–water partition coefficient (Wildman–Crippen LogP) is 3.14. The van der Waals surface area contributed by atoms with Gasteiger partial charge in [-0.3, -0.25) is 10.1 Å². The van der Waals surface area contributed by atoms with Crippen molar-refractivity contribution in [3.8, 4) is 0 Å². The molecule has 0 heterocycles. The Balaban J connectivity index is 3.17. The summed E-state index contributed by atoms with van der Waals surface area (Å²) in [6.45, 7) is 4.59. The molecule has 1 atom stereocenters. The van der Waals surface area contributed by atoms with E-state index in [1.807, 2.05) is 0 Å². The zero-order chi connectivity index (χ0) is 18.7. The Morgan fingerprint density at radius 3 is 2.38 bits per heavy atom. The van der Waals surface area contributed by atoms with Crippen LogP contribution < -0.4 is 11.1 Å². The van der Waals surface area contributed by atoms with E-state index in [0.717, 1.165) is 6.07 Å². The van der Waals surface area contributed by atoms with Crippen LogP contribution in [0.3, 0.4) is 0 Å². The van der Waals surface area contributed by atoms with E-state index >= 15 is 0 Å². The van der Waals surface area contributed by atoms with Gasteiger partial charge in [0, 0.05) is 12.6 Å². The molecule has 1 aromatic rings. The molecule has 0 aliphatic heterocycles. The number of ether oxygens (including phenoxy) is 1. The third kappa shape index (κ3) is 5.37. The lowest BCUT2D eigenvalue weighted by Crippen LogP contribution is -2.38. The fourth-order valence-electron chi connectivity index (χ4n) is 1.89. The molecular weight excluding hydrogens is 331 g/mol. The van der Waals surface area contributed by atoms with E-state index in [4.69, 9.17) is 10.5 Å². The Kier molecular flexibility index (Phi) is 5.77. The topological polar surface area (TPSA) is 107 Å². The number of nitrogens with two attached hydrogens (primary N) is 1. The third-order valence-electron chi connectivity index (χ3n) is 2.86. The summed E-state index contributed by atoms with van der Waals surface area (Å²) in [5, 5.41) is 13.4. The first-order valence-electron chi connectivity index (χ1n) is 6.90. The minimum Gasteiger partial charge on any atom is -0.444 e. The summed E-state index contributed by atoms with van der Waals surface area (Å²) in [7, 11) is 0. The van der Waals surface area contributed by atoms with Gasteiger partial charge in [-0.05, 0) is 32.9 Å². The van der Waals surface area contributed by atoms with Crippen LogP contribution in [-0.4, -0.2) is 23.2 Å². The van der Waals surface area contributed by atoms with E-state index in [2.05, 4.69) is 5.32 Å². The molecule has 0 saturated carbocycles. The van der Waals surface area contributed by atoms with E-state index in [1.165, 1.54) is 0 Å². The average molecular weight is 349 g/mol.